The molecule has 1 N–H and O–H groups in total. The number of rotatable bonds is 2. The number of nitrogens with zero attached hydrogens (tertiary/aromatic N) is 1. The van der Waals surface area contributed by atoms with Gasteiger partial charge in [0, 0.05) is 6.42 Å². The molecule has 0 saturated carbocycles. The van der Waals surface area contributed by atoms with Crippen LogP contribution in [-0.4, -0.2) is 22.2 Å². The summed E-state index contributed by atoms with van der Waals surface area (Å²) in [5, 5.41) is 10.2. The second-order valence-electron chi connectivity index (χ2n) is 3.23. The normalized spacial score (nSPS) is 27.7. The van der Waals surface area contributed by atoms with E-state index in [4.69, 9.17) is 0 Å². The van der Waals surface area contributed by atoms with E-state index in [-0.39, 0.29) is 11.9 Å². The molecule has 64 valence electrons. The molecule has 1 heterocycles. The maximum Gasteiger partial charge on any atom is 0.246 e. The van der Waals surface area contributed by atoms with Crippen LogP contribution in [-0.2, 0) is 4.79 Å². The summed E-state index contributed by atoms with van der Waals surface area (Å²) in [4.78, 5) is 10.9. The zero-order valence-electron chi connectivity index (χ0n) is 7.08. The average molecular weight is 157 g/mol. The molecule has 0 aromatic heterocycles. The Hall–Kier alpha value is -0.570. The fourth-order valence-corrected chi connectivity index (χ4v) is 1.49. The van der Waals surface area contributed by atoms with Gasteiger partial charge >= 0.3 is 0 Å². The number of hydrogen-bond donors (Lipinski definition) is 1. The standard InChI is InChI=1S/C8H15NO2/c1-3-6(2)7-4-5-8(10)9(7)11/h6-7,11H,3-5H2,1-2H3. The lowest BCUT2D eigenvalue weighted by Crippen LogP contribution is -2.33. The van der Waals surface area contributed by atoms with Gasteiger partial charge in [0.2, 0.25) is 5.91 Å². The van der Waals surface area contributed by atoms with E-state index in [2.05, 4.69) is 13.8 Å². The SMILES string of the molecule is CCC(C)C1CCC(=O)N1O. The molecule has 0 aromatic carbocycles. The molecule has 1 fully saturated rings. The van der Waals surface area contributed by atoms with Crippen molar-refractivity contribution in [3.8, 4) is 0 Å². The Morgan fingerprint density at radius 2 is 2.45 bits per heavy atom. The largest absolute Gasteiger partial charge is 0.286 e. The minimum absolute atomic E-state index is 0.0625. The van der Waals surface area contributed by atoms with Crippen LogP contribution in [0.5, 0.6) is 0 Å². The summed E-state index contributed by atoms with van der Waals surface area (Å²) in [6, 6.07) is 0.0625. The highest BCUT2D eigenvalue weighted by Gasteiger charge is 2.32. The van der Waals surface area contributed by atoms with Gasteiger partial charge in [0.1, 0.15) is 0 Å². The van der Waals surface area contributed by atoms with Crippen LogP contribution in [0, 0.1) is 5.92 Å². The monoisotopic (exact) mass is 157 g/mol. The lowest BCUT2D eigenvalue weighted by Gasteiger charge is -2.22. The topological polar surface area (TPSA) is 40.5 Å². The van der Waals surface area contributed by atoms with Gasteiger partial charge < -0.3 is 0 Å². The summed E-state index contributed by atoms with van der Waals surface area (Å²) in [5.41, 5.74) is 0. The Balaban J connectivity index is 2.54. The van der Waals surface area contributed by atoms with Crippen LogP contribution in [0.4, 0.5) is 0 Å². The Morgan fingerprint density at radius 1 is 1.82 bits per heavy atom. The Labute approximate surface area is 67.0 Å². The predicted molar refractivity (Wildman–Crippen MR) is 41.1 cm³/mol. The zero-order chi connectivity index (χ0) is 8.43. The molecular weight excluding hydrogens is 142 g/mol. The first kappa shape index (κ1) is 8.53. The van der Waals surface area contributed by atoms with Crippen LogP contribution in [0.25, 0.3) is 0 Å². The van der Waals surface area contributed by atoms with E-state index < -0.39 is 0 Å². The Kier molecular flexibility index (Phi) is 2.49. The maximum atomic E-state index is 10.9. The second kappa shape index (κ2) is 3.22. The average Bonchev–Trinajstić information content (AvgIpc) is 2.32. The molecule has 0 aliphatic carbocycles. The smallest absolute Gasteiger partial charge is 0.246 e. The van der Waals surface area contributed by atoms with Crippen molar-refractivity contribution in [3.05, 3.63) is 0 Å². The quantitative estimate of drug-likeness (QED) is 0.616. The maximum absolute atomic E-state index is 10.9. The third-order valence-electron chi connectivity index (χ3n) is 2.52. The number of carbonyl (C=O) groups excluding carboxylic acids is 1. The van der Waals surface area contributed by atoms with E-state index in [1.807, 2.05) is 0 Å². The summed E-state index contributed by atoms with van der Waals surface area (Å²) < 4.78 is 0. The third-order valence-corrected chi connectivity index (χ3v) is 2.52. The van der Waals surface area contributed by atoms with E-state index in [9.17, 15) is 10.0 Å². The summed E-state index contributed by atoms with van der Waals surface area (Å²) in [5.74, 6) is 0.279. The van der Waals surface area contributed by atoms with E-state index in [1.165, 1.54) is 0 Å². The first-order chi connectivity index (χ1) is 5.16. The van der Waals surface area contributed by atoms with Gasteiger partial charge in [-0.05, 0) is 12.3 Å². The first-order valence-corrected chi connectivity index (χ1v) is 4.17. The zero-order valence-corrected chi connectivity index (χ0v) is 7.08. The molecule has 0 spiro atoms. The van der Waals surface area contributed by atoms with Crippen LogP contribution in [0.3, 0.4) is 0 Å². The van der Waals surface area contributed by atoms with Crippen molar-refractivity contribution in [2.75, 3.05) is 0 Å². The van der Waals surface area contributed by atoms with Crippen molar-refractivity contribution < 1.29 is 10.0 Å². The molecule has 0 bridgehead atoms. The van der Waals surface area contributed by atoms with Crippen LogP contribution < -0.4 is 0 Å². The van der Waals surface area contributed by atoms with Gasteiger partial charge in [-0.3, -0.25) is 10.0 Å². The first-order valence-electron chi connectivity index (χ1n) is 4.17. The molecule has 0 radical (unpaired) electrons. The van der Waals surface area contributed by atoms with E-state index in [0.717, 1.165) is 17.9 Å². The molecule has 11 heavy (non-hydrogen) atoms. The molecule has 1 saturated heterocycles. The minimum atomic E-state index is -0.129. The molecule has 1 rings (SSSR count). The molecule has 3 nitrogen and oxygen atoms in total. The van der Waals surface area contributed by atoms with E-state index in [0.29, 0.717) is 12.3 Å². The number of hydroxylamine groups is 2. The van der Waals surface area contributed by atoms with Crippen molar-refractivity contribution in [1.82, 2.24) is 5.06 Å². The number of amides is 1. The number of carbonyl (C=O) groups is 1. The molecule has 1 aliphatic heterocycles. The van der Waals surface area contributed by atoms with Gasteiger partial charge in [0.25, 0.3) is 0 Å². The van der Waals surface area contributed by atoms with Gasteiger partial charge in [-0.25, -0.2) is 5.06 Å². The lowest BCUT2D eigenvalue weighted by atomic mass is 9.98. The van der Waals surface area contributed by atoms with Gasteiger partial charge in [-0.15, -0.1) is 0 Å². The molecule has 1 aliphatic rings. The fraction of sp³-hybridized carbons (Fsp3) is 0.875. The summed E-state index contributed by atoms with van der Waals surface area (Å²) in [6.07, 6.45) is 2.32. The van der Waals surface area contributed by atoms with Gasteiger partial charge in [-0.1, -0.05) is 20.3 Å². The molecule has 2 unspecified atom stereocenters. The Bertz CT molecular complexity index is 158. The van der Waals surface area contributed by atoms with Crippen molar-refractivity contribution in [1.29, 1.82) is 0 Å². The van der Waals surface area contributed by atoms with E-state index >= 15 is 0 Å². The molecule has 3 heteroatoms. The van der Waals surface area contributed by atoms with Crippen LogP contribution in [0.15, 0.2) is 0 Å². The van der Waals surface area contributed by atoms with Crippen molar-refractivity contribution in [2.45, 2.75) is 39.2 Å². The van der Waals surface area contributed by atoms with Crippen LogP contribution in [0.1, 0.15) is 33.1 Å². The van der Waals surface area contributed by atoms with E-state index in [1.54, 1.807) is 0 Å². The summed E-state index contributed by atoms with van der Waals surface area (Å²) >= 11 is 0. The predicted octanol–water partition coefficient (Wildman–Crippen LogP) is 1.41. The Morgan fingerprint density at radius 3 is 2.82 bits per heavy atom. The molecule has 0 aromatic rings. The van der Waals surface area contributed by atoms with Crippen molar-refractivity contribution in [2.24, 2.45) is 5.92 Å². The van der Waals surface area contributed by atoms with Crippen LogP contribution >= 0.6 is 0 Å². The minimum Gasteiger partial charge on any atom is -0.286 e. The third kappa shape index (κ3) is 1.53. The highest BCUT2D eigenvalue weighted by atomic mass is 16.5. The molecule has 2 atom stereocenters. The summed E-state index contributed by atoms with van der Waals surface area (Å²) in [6.45, 7) is 4.13. The van der Waals surface area contributed by atoms with Gasteiger partial charge in [0.05, 0.1) is 6.04 Å². The van der Waals surface area contributed by atoms with Crippen molar-refractivity contribution >= 4 is 5.91 Å². The summed E-state index contributed by atoms with van der Waals surface area (Å²) in [7, 11) is 0. The van der Waals surface area contributed by atoms with Crippen LogP contribution in [0.2, 0.25) is 0 Å². The van der Waals surface area contributed by atoms with Gasteiger partial charge in [0.15, 0.2) is 0 Å². The highest BCUT2D eigenvalue weighted by Crippen LogP contribution is 2.24. The lowest BCUT2D eigenvalue weighted by molar-refractivity contribution is -0.168. The highest BCUT2D eigenvalue weighted by molar-refractivity contribution is 5.77. The van der Waals surface area contributed by atoms with Crippen molar-refractivity contribution in [3.63, 3.8) is 0 Å². The number of hydrogen-bond acceptors (Lipinski definition) is 2. The molecular formula is C8H15NO2. The van der Waals surface area contributed by atoms with Gasteiger partial charge in [-0.2, -0.15) is 0 Å². The molecule has 1 amide bonds. The second-order valence-corrected chi connectivity index (χ2v) is 3.23. The fourth-order valence-electron chi connectivity index (χ4n) is 1.49.